The second kappa shape index (κ2) is 5.83. The van der Waals surface area contributed by atoms with Crippen LogP contribution in [0, 0.1) is 0 Å². The van der Waals surface area contributed by atoms with E-state index >= 15 is 0 Å². The van der Waals surface area contributed by atoms with Crippen molar-refractivity contribution in [2.75, 3.05) is 19.7 Å². The summed E-state index contributed by atoms with van der Waals surface area (Å²) in [5, 5.41) is 19.8. The van der Waals surface area contributed by atoms with Gasteiger partial charge in [-0.15, -0.1) is 0 Å². The monoisotopic (exact) mass is 246 g/mol. The van der Waals surface area contributed by atoms with Gasteiger partial charge in [0.25, 0.3) is 0 Å². The first kappa shape index (κ1) is 13.7. The number of aliphatic hydroxyl groups excluding tert-OH is 1. The van der Waals surface area contributed by atoms with Gasteiger partial charge in [0.15, 0.2) is 6.04 Å². The first-order chi connectivity index (χ1) is 7.93. The van der Waals surface area contributed by atoms with Crippen molar-refractivity contribution in [1.29, 1.82) is 0 Å². The molecule has 0 bridgehead atoms. The largest absolute Gasteiger partial charge is 0.480 e. The predicted octanol–water partition coefficient (Wildman–Crippen LogP) is -0.749. The van der Waals surface area contributed by atoms with E-state index in [4.69, 9.17) is 14.9 Å². The van der Waals surface area contributed by atoms with E-state index in [9.17, 15) is 9.59 Å². The lowest BCUT2D eigenvalue weighted by Gasteiger charge is -2.35. The number of carbonyl (C=O) groups is 2. The van der Waals surface area contributed by atoms with Crippen LogP contribution in [-0.2, 0) is 9.53 Å². The number of morpholine rings is 1. The normalized spacial score (nSPS) is 26.4. The number of aliphatic hydroxyl groups is 1. The molecule has 1 fully saturated rings. The smallest absolute Gasteiger partial charge is 0.328 e. The number of amides is 2. The number of hydrogen-bond donors (Lipinski definition) is 3. The van der Waals surface area contributed by atoms with Gasteiger partial charge in [0.2, 0.25) is 0 Å². The number of urea groups is 1. The highest BCUT2D eigenvalue weighted by atomic mass is 16.5. The molecular weight excluding hydrogens is 228 g/mol. The van der Waals surface area contributed by atoms with Gasteiger partial charge in [0.1, 0.15) is 0 Å². The summed E-state index contributed by atoms with van der Waals surface area (Å²) >= 11 is 0. The van der Waals surface area contributed by atoms with Gasteiger partial charge >= 0.3 is 12.0 Å². The third-order valence-corrected chi connectivity index (χ3v) is 2.49. The Hall–Kier alpha value is -1.34. The molecular formula is C10H18N2O5. The van der Waals surface area contributed by atoms with Crippen molar-refractivity contribution in [3.05, 3.63) is 0 Å². The molecule has 1 aliphatic heterocycles. The maximum atomic E-state index is 11.7. The first-order valence-corrected chi connectivity index (χ1v) is 5.48. The van der Waals surface area contributed by atoms with Crippen LogP contribution >= 0.6 is 0 Å². The van der Waals surface area contributed by atoms with E-state index in [-0.39, 0.29) is 12.2 Å². The van der Waals surface area contributed by atoms with Gasteiger partial charge in [0.05, 0.1) is 18.8 Å². The average Bonchev–Trinajstić information content (AvgIpc) is 2.23. The molecule has 3 atom stereocenters. The third kappa shape index (κ3) is 3.86. The van der Waals surface area contributed by atoms with Crippen LogP contribution in [-0.4, -0.2) is 65.1 Å². The fraction of sp³-hybridized carbons (Fsp3) is 0.800. The van der Waals surface area contributed by atoms with E-state index in [0.717, 1.165) is 0 Å². The maximum Gasteiger partial charge on any atom is 0.328 e. The summed E-state index contributed by atoms with van der Waals surface area (Å²) in [6, 6.07) is -1.76. The van der Waals surface area contributed by atoms with Gasteiger partial charge in [-0.1, -0.05) is 0 Å². The van der Waals surface area contributed by atoms with Crippen LogP contribution in [0.1, 0.15) is 13.8 Å². The van der Waals surface area contributed by atoms with Crippen molar-refractivity contribution in [1.82, 2.24) is 10.2 Å². The number of hydrogen-bond acceptors (Lipinski definition) is 4. The molecule has 17 heavy (non-hydrogen) atoms. The third-order valence-electron chi connectivity index (χ3n) is 2.49. The molecule has 7 heteroatoms. The second-order valence-electron chi connectivity index (χ2n) is 4.19. The van der Waals surface area contributed by atoms with Crippen molar-refractivity contribution in [3.63, 3.8) is 0 Å². The van der Waals surface area contributed by atoms with E-state index in [1.165, 1.54) is 4.90 Å². The lowest BCUT2D eigenvalue weighted by molar-refractivity contribution is -0.140. The maximum absolute atomic E-state index is 11.7. The zero-order chi connectivity index (χ0) is 13.0. The molecule has 0 aromatic carbocycles. The number of carboxylic acids is 1. The molecule has 0 spiro atoms. The topological polar surface area (TPSA) is 99.1 Å². The molecule has 0 aliphatic carbocycles. The minimum absolute atomic E-state index is 0.0816. The molecule has 1 rings (SSSR count). The number of ether oxygens (including phenoxy) is 1. The van der Waals surface area contributed by atoms with E-state index in [2.05, 4.69) is 5.32 Å². The van der Waals surface area contributed by atoms with Crippen molar-refractivity contribution < 1.29 is 24.5 Å². The fourth-order valence-electron chi connectivity index (χ4n) is 1.77. The number of carboxylic acid groups (broad SMARTS) is 1. The van der Waals surface area contributed by atoms with Gasteiger partial charge < -0.3 is 25.2 Å². The molecule has 2 amide bonds. The van der Waals surface area contributed by atoms with E-state index in [1.54, 1.807) is 0 Å². The molecule has 7 nitrogen and oxygen atoms in total. The van der Waals surface area contributed by atoms with Gasteiger partial charge in [-0.3, -0.25) is 0 Å². The number of nitrogens with one attached hydrogen (secondary N) is 1. The Labute approximate surface area is 99.4 Å². The first-order valence-electron chi connectivity index (χ1n) is 5.48. The Balaban J connectivity index is 2.54. The molecule has 1 unspecified atom stereocenters. The summed E-state index contributed by atoms with van der Waals surface area (Å²) in [7, 11) is 0. The fourth-order valence-corrected chi connectivity index (χ4v) is 1.77. The molecule has 1 aliphatic rings. The average molecular weight is 246 g/mol. The minimum Gasteiger partial charge on any atom is -0.480 e. The van der Waals surface area contributed by atoms with E-state index in [0.29, 0.717) is 13.1 Å². The molecule has 1 heterocycles. The number of nitrogens with zero attached hydrogens (tertiary/aromatic N) is 1. The van der Waals surface area contributed by atoms with Gasteiger partial charge in [-0.2, -0.15) is 0 Å². The summed E-state index contributed by atoms with van der Waals surface area (Å²) in [5.74, 6) is -1.25. The summed E-state index contributed by atoms with van der Waals surface area (Å²) in [4.78, 5) is 23.9. The highest BCUT2D eigenvalue weighted by Gasteiger charge is 2.28. The van der Waals surface area contributed by atoms with Crippen LogP contribution in [0.3, 0.4) is 0 Å². The second-order valence-corrected chi connectivity index (χ2v) is 4.19. The molecule has 1 saturated heterocycles. The zero-order valence-electron chi connectivity index (χ0n) is 9.92. The van der Waals surface area contributed by atoms with Crippen molar-refractivity contribution in [3.8, 4) is 0 Å². The number of aliphatic carboxylic acids is 1. The SMILES string of the molecule is C[C@@H]1CN(C(=O)NC(CO)C(=O)O)C[C@H](C)O1. The van der Waals surface area contributed by atoms with Crippen molar-refractivity contribution in [2.24, 2.45) is 0 Å². The van der Waals surface area contributed by atoms with Crippen molar-refractivity contribution in [2.45, 2.75) is 32.1 Å². The van der Waals surface area contributed by atoms with Crippen LogP contribution < -0.4 is 5.32 Å². The molecule has 98 valence electrons. The summed E-state index contributed by atoms with van der Waals surface area (Å²) in [6.45, 7) is 3.88. The minimum atomic E-state index is -1.27. The number of carbonyl (C=O) groups excluding carboxylic acids is 1. The summed E-state index contributed by atoms with van der Waals surface area (Å²) in [6.07, 6.45) is -0.163. The zero-order valence-corrected chi connectivity index (χ0v) is 9.92. The van der Waals surface area contributed by atoms with Crippen LogP contribution in [0.4, 0.5) is 4.79 Å². The highest BCUT2D eigenvalue weighted by molar-refractivity contribution is 5.82. The van der Waals surface area contributed by atoms with Crippen LogP contribution in [0.5, 0.6) is 0 Å². The Morgan fingerprint density at radius 3 is 2.35 bits per heavy atom. The Morgan fingerprint density at radius 1 is 1.41 bits per heavy atom. The lowest BCUT2D eigenvalue weighted by atomic mass is 10.2. The summed E-state index contributed by atoms with van der Waals surface area (Å²) < 4.78 is 5.46. The molecule has 0 aromatic heterocycles. The van der Waals surface area contributed by atoms with E-state index < -0.39 is 24.6 Å². The molecule has 0 radical (unpaired) electrons. The van der Waals surface area contributed by atoms with Crippen LogP contribution in [0.15, 0.2) is 0 Å². The van der Waals surface area contributed by atoms with Gasteiger partial charge in [0, 0.05) is 13.1 Å². The van der Waals surface area contributed by atoms with Crippen molar-refractivity contribution >= 4 is 12.0 Å². The molecule has 0 saturated carbocycles. The molecule has 3 N–H and O–H groups in total. The highest BCUT2D eigenvalue weighted by Crippen LogP contribution is 2.10. The Bertz CT molecular complexity index is 286. The van der Waals surface area contributed by atoms with Gasteiger partial charge in [-0.05, 0) is 13.8 Å². The quantitative estimate of drug-likeness (QED) is 0.608. The summed E-state index contributed by atoms with van der Waals surface area (Å²) in [5.41, 5.74) is 0. The Kier molecular flexibility index (Phi) is 4.71. The van der Waals surface area contributed by atoms with E-state index in [1.807, 2.05) is 13.8 Å². The molecule has 0 aromatic rings. The lowest BCUT2D eigenvalue weighted by Crippen LogP contribution is -2.55. The van der Waals surface area contributed by atoms with Crippen LogP contribution in [0.2, 0.25) is 0 Å². The van der Waals surface area contributed by atoms with Gasteiger partial charge in [-0.25, -0.2) is 9.59 Å². The predicted molar refractivity (Wildman–Crippen MR) is 58.6 cm³/mol. The Morgan fingerprint density at radius 2 is 1.94 bits per heavy atom. The van der Waals surface area contributed by atoms with Crippen LogP contribution in [0.25, 0.3) is 0 Å². The standard InChI is InChI=1S/C10H18N2O5/c1-6-3-12(4-7(2)17-6)10(16)11-8(5-13)9(14)15/h6-8,13H,3-5H2,1-2H3,(H,11,16)(H,14,15)/t6-,7+,8?. The number of rotatable bonds is 3.